The Kier molecular flexibility index (Phi) is 11.8. The molecule has 1 aromatic carbocycles. The molecule has 0 amide bonds. The van der Waals surface area contributed by atoms with Gasteiger partial charge in [0.25, 0.3) is 0 Å². The number of aliphatic imine (C=N–C) groups is 1. The Labute approximate surface area is 192 Å². The predicted molar refractivity (Wildman–Crippen MR) is 122 cm³/mol. The molecule has 30 heavy (non-hydrogen) atoms. The monoisotopic (exact) mass is 539 g/mol. The molecule has 2 N–H and O–H groups in total. The molecule has 1 atom stereocenters. The van der Waals surface area contributed by atoms with Crippen LogP contribution in [0.4, 0.5) is 13.2 Å². The molecule has 2 rings (SSSR count). The molecule has 0 bridgehead atoms. The largest absolute Gasteiger partial charge is 0.411 e. The average molecular weight is 539 g/mol. The molecule has 0 saturated carbocycles. The summed E-state index contributed by atoms with van der Waals surface area (Å²) in [6.07, 6.45) is -0.604. The second-order valence-electron chi connectivity index (χ2n) is 6.83. The van der Waals surface area contributed by atoms with E-state index in [1.807, 2.05) is 36.0 Å². The first kappa shape index (κ1) is 26.2. The van der Waals surface area contributed by atoms with Crippen LogP contribution in [0.5, 0.6) is 0 Å². The second-order valence-corrected chi connectivity index (χ2v) is 6.83. The summed E-state index contributed by atoms with van der Waals surface area (Å²) in [5.41, 5.74) is 1.66. The van der Waals surface area contributed by atoms with Gasteiger partial charge in [-0.2, -0.15) is 18.3 Å². The van der Waals surface area contributed by atoms with Crippen LogP contribution >= 0.6 is 24.0 Å². The Bertz CT molecular complexity index is 736. The number of halogens is 4. The lowest BCUT2D eigenvalue weighted by atomic mass is 10.1. The van der Waals surface area contributed by atoms with Crippen molar-refractivity contribution in [2.75, 3.05) is 19.7 Å². The lowest BCUT2D eigenvalue weighted by Crippen LogP contribution is -2.40. The average Bonchev–Trinajstić information content (AvgIpc) is 3.17. The summed E-state index contributed by atoms with van der Waals surface area (Å²) in [5, 5.41) is 10.7. The molecule has 0 aliphatic carbocycles. The quantitative estimate of drug-likeness (QED) is 0.273. The van der Waals surface area contributed by atoms with Crippen LogP contribution in [0.2, 0.25) is 0 Å². The van der Waals surface area contributed by atoms with Crippen molar-refractivity contribution >= 4 is 29.9 Å². The molecular weight excluding hydrogens is 510 g/mol. The van der Waals surface area contributed by atoms with E-state index in [1.54, 1.807) is 18.3 Å². The van der Waals surface area contributed by atoms with Crippen LogP contribution < -0.4 is 10.6 Å². The first-order chi connectivity index (χ1) is 13.9. The highest BCUT2D eigenvalue weighted by molar-refractivity contribution is 14.0. The van der Waals surface area contributed by atoms with E-state index in [1.165, 1.54) is 0 Å². The van der Waals surface area contributed by atoms with E-state index in [0.717, 1.165) is 31.2 Å². The smallest absolute Gasteiger partial charge is 0.367 e. The topological polar surface area (TPSA) is 63.5 Å². The van der Waals surface area contributed by atoms with Crippen LogP contribution in [0.25, 0.3) is 0 Å². The van der Waals surface area contributed by atoms with Gasteiger partial charge in [-0.1, -0.05) is 31.2 Å². The maximum absolute atomic E-state index is 12.1. The number of rotatable bonds is 10. The zero-order valence-corrected chi connectivity index (χ0v) is 19.5. The van der Waals surface area contributed by atoms with Gasteiger partial charge in [0, 0.05) is 32.0 Å². The minimum atomic E-state index is -4.31. The van der Waals surface area contributed by atoms with Gasteiger partial charge in [0.15, 0.2) is 5.96 Å². The third-order valence-electron chi connectivity index (χ3n) is 4.00. The minimum Gasteiger partial charge on any atom is -0.367 e. The van der Waals surface area contributed by atoms with Crippen LogP contribution in [-0.2, 0) is 24.4 Å². The summed E-state index contributed by atoms with van der Waals surface area (Å²) in [4.78, 5) is 4.57. The van der Waals surface area contributed by atoms with Crippen molar-refractivity contribution in [1.29, 1.82) is 0 Å². The molecule has 0 fully saturated rings. The van der Waals surface area contributed by atoms with E-state index in [4.69, 9.17) is 0 Å². The van der Waals surface area contributed by atoms with Crippen LogP contribution in [0.15, 0.2) is 47.7 Å². The van der Waals surface area contributed by atoms with Crippen molar-refractivity contribution in [2.45, 2.75) is 39.7 Å². The Morgan fingerprint density at radius 3 is 2.50 bits per heavy atom. The van der Waals surface area contributed by atoms with Gasteiger partial charge in [0.2, 0.25) is 0 Å². The number of nitrogens with zero attached hydrogens (tertiary/aromatic N) is 3. The summed E-state index contributed by atoms with van der Waals surface area (Å²) < 4.78 is 42.9. The van der Waals surface area contributed by atoms with Crippen molar-refractivity contribution in [3.8, 4) is 0 Å². The summed E-state index contributed by atoms with van der Waals surface area (Å²) in [6, 6.07) is 9.11. The Balaban J connectivity index is 0.00000450. The van der Waals surface area contributed by atoms with Gasteiger partial charge in [0.1, 0.15) is 6.61 Å². The van der Waals surface area contributed by atoms with Crippen LogP contribution in [0, 0.1) is 5.92 Å². The highest BCUT2D eigenvalue weighted by Gasteiger charge is 2.27. The predicted octanol–water partition coefficient (Wildman–Crippen LogP) is 3.97. The lowest BCUT2D eigenvalue weighted by molar-refractivity contribution is -0.176. The van der Waals surface area contributed by atoms with Crippen molar-refractivity contribution < 1.29 is 17.9 Å². The van der Waals surface area contributed by atoms with Crippen LogP contribution in [0.1, 0.15) is 25.0 Å². The van der Waals surface area contributed by atoms with E-state index in [9.17, 15) is 13.2 Å². The molecule has 0 spiro atoms. The third kappa shape index (κ3) is 10.8. The number of benzene rings is 1. The SMILES string of the molecule is CCNC(=NCc1ccc(COCC(F)(F)F)cc1)NCC(C)Cn1cccn1.I. The fourth-order valence-corrected chi connectivity index (χ4v) is 2.60. The molecule has 0 saturated heterocycles. The van der Waals surface area contributed by atoms with E-state index in [2.05, 4.69) is 32.4 Å². The van der Waals surface area contributed by atoms with Crippen LogP contribution in [-0.4, -0.2) is 41.6 Å². The molecule has 6 nitrogen and oxygen atoms in total. The highest BCUT2D eigenvalue weighted by atomic mass is 127. The van der Waals surface area contributed by atoms with Crippen molar-refractivity contribution in [1.82, 2.24) is 20.4 Å². The first-order valence-electron chi connectivity index (χ1n) is 9.57. The Morgan fingerprint density at radius 1 is 1.20 bits per heavy atom. The van der Waals surface area contributed by atoms with Crippen molar-refractivity contribution in [2.24, 2.45) is 10.9 Å². The van der Waals surface area contributed by atoms with E-state index >= 15 is 0 Å². The van der Waals surface area contributed by atoms with E-state index in [-0.39, 0.29) is 30.6 Å². The first-order valence-corrected chi connectivity index (χ1v) is 9.57. The van der Waals surface area contributed by atoms with Gasteiger partial charge in [0.05, 0.1) is 13.2 Å². The number of hydrogen-bond donors (Lipinski definition) is 2. The summed E-state index contributed by atoms with van der Waals surface area (Å²) in [7, 11) is 0. The number of ether oxygens (including phenoxy) is 1. The maximum Gasteiger partial charge on any atom is 0.411 e. The molecule has 1 aromatic heterocycles. The number of nitrogens with one attached hydrogen (secondary N) is 2. The molecule has 0 aliphatic rings. The molecule has 1 heterocycles. The van der Waals surface area contributed by atoms with Gasteiger partial charge < -0.3 is 15.4 Å². The molecule has 1 unspecified atom stereocenters. The normalized spacial score (nSPS) is 12.9. The summed E-state index contributed by atoms with van der Waals surface area (Å²) in [6.45, 7) is 5.61. The molecule has 0 aliphatic heterocycles. The zero-order valence-electron chi connectivity index (χ0n) is 17.2. The number of alkyl halides is 3. The molecule has 168 valence electrons. The number of aromatic nitrogens is 2. The van der Waals surface area contributed by atoms with Gasteiger partial charge in [-0.05, 0) is 30.0 Å². The minimum absolute atomic E-state index is 0. The molecule has 0 radical (unpaired) electrons. The molecule has 2 aromatic rings. The number of guanidine groups is 1. The highest BCUT2D eigenvalue weighted by Crippen LogP contribution is 2.16. The van der Waals surface area contributed by atoms with Crippen molar-refractivity contribution in [3.05, 3.63) is 53.9 Å². The third-order valence-corrected chi connectivity index (χ3v) is 4.00. The Hall–Kier alpha value is -1.82. The Morgan fingerprint density at radius 2 is 1.90 bits per heavy atom. The van der Waals surface area contributed by atoms with E-state index < -0.39 is 12.8 Å². The fraction of sp³-hybridized carbons (Fsp3) is 0.500. The molecular formula is C20H29F3IN5O. The van der Waals surface area contributed by atoms with Gasteiger partial charge in [-0.3, -0.25) is 4.68 Å². The second kappa shape index (κ2) is 13.5. The number of hydrogen-bond acceptors (Lipinski definition) is 3. The van der Waals surface area contributed by atoms with Gasteiger partial charge in [-0.25, -0.2) is 4.99 Å². The lowest BCUT2D eigenvalue weighted by Gasteiger charge is -2.16. The maximum atomic E-state index is 12.1. The zero-order chi connectivity index (χ0) is 21.1. The van der Waals surface area contributed by atoms with Crippen LogP contribution in [0.3, 0.4) is 0 Å². The van der Waals surface area contributed by atoms with Crippen molar-refractivity contribution in [3.63, 3.8) is 0 Å². The molecule has 10 heteroatoms. The van der Waals surface area contributed by atoms with E-state index in [0.29, 0.717) is 18.0 Å². The summed E-state index contributed by atoms with van der Waals surface area (Å²) >= 11 is 0. The summed E-state index contributed by atoms with van der Waals surface area (Å²) in [5.74, 6) is 1.09. The fourth-order valence-electron chi connectivity index (χ4n) is 2.60. The van der Waals surface area contributed by atoms with Gasteiger partial charge in [-0.15, -0.1) is 24.0 Å². The standard InChI is InChI=1S/C20H28F3N5O.HI/c1-3-24-19(25-11-16(2)13-28-10-4-9-27-28)26-12-17-5-7-18(8-6-17)14-29-15-20(21,22)23;/h4-10,16H,3,11-15H2,1-2H3,(H2,24,25,26);1H. The van der Waals surface area contributed by atoms with Gasteiger partial charge >= 0.3 is 6.18 Å².